The molecule has 6 nitrogen and oxygen atoms in total. The maximum Gasteiger partial charge on any atom is 0.238 e. The zero-order valence-corrected chi connectivity index (χ0v) is 19.3. The summed E-state index contributed by atoms with van der Waals surface area (Å²) >= 11 is 0. The van der Waals surface area contributed by atoms with E-state index in [-0.39, 0.29) is 29.9 Å². The van der Waals surface area contributed by atoms with Crippen molar-refractivity contribution in [2.45, 2.75) is 33.2 Å². The van der Waals surface area contributed by atoms with Gasteiger partial charge in [-0.3, -0.25) is 4.79 Å². The second-order valence-electron chi connectivity index (χ2n) is 7.33. The van der Waals surface area contributed by atoms with Crippen molar-refractivity contribution in [1.29, 1.82) is 0 Å². The quantitative estimate of drug-likeness (QED) is 0.368. The van der Waals surface area contributed by atoms with Crippen LogP contribution in [0.2, 0.25) is 0 Å². The maximum atomic E-state index is 11.9. The molecule has 0 atom stereocenters. The first-order valence-corrected chi connectivity index (χ1v) is 9.54. The molecule has 0 spiro atoms. The zero-order chi connectivity index (χ0) is 18.9. The maximum absolute atomic E-state index is 11.9. The lowest BCUT2D eigenvalue weighted by Crippen LogP contribution is -2.45. The summed E-state index contributed by atoms with van der Waals surface area (Å²) in [5.74, 6) is 1.78. The number of hydrogen-bond acceptors (Lipinski definition) is 3. The SMILES string of the molecule is CCNC(=NCc1cccc(NC(=O)CN(C)C)c1)N1CCC(C)CC1.I. The van der Waals surface area contributed by atoms with Crippen LogP contribution in [0.3, 0.4) is 0 Å². The van der Waals surface area contributed by atoms with Gasteiger partial charge in [0.1, 0.15) is 0 Å². The molecule has 0 bridgehead atoms. The highest BCUT2D eigenvalue weighted by Crippen LogP contribution is 2.17. The summed E-state index contributed by atoms with van der Waals surface area (Å²) in [6.07, 6.45) is 2.44. The minimum Gasteiger partial charge on any atom is -0.357 e. The van der Waals surface area contributed by atoms with Crippen LogP contribution in [0.1, 0.15) is 32.3 Å². The van der Waals surface area contributed by atoms with Crippen LogP contribution in [-0.2, 0) is 11.3 Å². The number of halogens is 1. The van der Waals surface area contributed by atoms with E-state index >= 15 is 0 Å². The number of carbonyl (C=O) groups is 1. The first-order chi connectivity index (χ1) is 12.5. The van der Waals surface area contributed by atoms with Crippen molar-refractivity contribution >= 4 is 41.5 Å². The Labute approximate surface area is 180 Å². The molecule has 1 aliphatic rings. The Bertz CT molecular complexity index is 612. The Kier molecular flexibility index (Phi) is 10.7. The second-order valence-corrected chi connectivity index (χ2v) is 7.33. The number of nitrogens with one attached hydrogen (secondary N) is 2. The molecule has 1 heterocycles. The Morgan fingerprint density at radius 2 is 2.00 bits per heavy atom. The van der Waals surface area contributed by atoms with Gasteiger partial charge in [-0.05, 0) is 57.5 Å². The van der Waals surface area contributed by atoms with Crippen molar-refractivity contribution in [3.05, 3.63) is 29.8 Å². The van der Waals surface area contributed by atoms with Gasteiger partial charge in [0, 0.05) is 25.3 Å². The first-order valence-electron chi connectivity index (χ1n) is 9.54. The minimum atomic E-state index is -0.00794. The average Bonchev–Trinajstić information content (AvgIpc) is 2.59. The molecular weight excluding hydrogens is 453 g/mol. The van der Waals surface area contributed by atoms with E-state index in [0.29, 0.717) is 13.1 Å². The summed E-state index contributed by atoms with van der Waals surface area (Å²) in [7, 11) is 3.77. The first kappa shape index (κ1) is 23.7. The van der Waals surface area contributed by atoms with Crippen LogP contribution in [0.5, 0.6) is 0 Å². The molecular formula is C20H34IN5O. The molecule has 1 aromatic carbocycles. The Morgan fingerprint density at radius 3 is 2.63 bits per heavy atom. The summed E-state index contributed by atoms with van der Waals surface area (Å²) in [6, 6.07) is 7.93. The van der Waals surface area contributed by atoms with Gasteiger partial charge in [0.25, 0.3) is 0 Å². The molecule has 7 heteroatoms. The topological polar surface area (TPSA) is 60.0 Å². The van der Waals surface area contributed by atoms with Crippen LogP contribution < -0.4 is 10.6 Å². The lowest BCUT2D eigenvalue weighted by atomic mass is 10.00. The smallest absolute Gasteiger partial charge is 0.238 e. The van der Waals surface area contributed by atoms with Crippen molar-refractivity contribution in [1.82, 2.24) is 15.1 Å². The molecule has 0 unspecified atom stereocenters. The molecule has 1 aliphatic heterocycles. The van der Waals surface area contributed by atoms with Gasteiger partial charge in [-0.15, -0.1) is 24.0 Å². The Morgan fingerprint density at radius 1 is 1.30 bits per heavy atom. The molecule has 27 heavy (non-hydrogen) atoms. The molecule has 1 aromatic rings. The number of hydrogen-bond donors (Lipinski definition) is 2. The third-order valence-electron chi connectivity index (χ3n) is 4.50. The van der Waals surface area contributed by atoms with Gasteiger partial charge in [0.05, 0.1) is 13.1 Å². The monoisotopic (exact) mass is 487 g/mol. The van der Waals surface area contributed by atoms with E-state index < -0.39 is 0 Å². The second kappa shape index (κ2) is 12.2. The summed E-state index contributed by atoms with van der Waals surface area (Å²) in [4.78, 5) is 20.9. The number of amides is 1. The van der Waals surface area contributed by atoms with Gasteiger partial charge in [0.2, 0.25) is 5.91 Å². The van der Waals surface area contributed by atoms with Crippen LogP contribution in [-0.4, -0.2) is 61.9 Å². The summed E-state index contributed by atoms with van der Waals surface area (Å²) in [6.45, 7) is 8.39. The van der Waals surface area contributed by atoms with Gasteiger partial charge in [0.15, 0.2) is 5.96 Å². The average molecular weight is 487 g/mol. The van der Waals surface area contributed by atoms with E-state index in [1.54, 1.807) is 0 Å². The zero-order valence-electron chi connectivity index (χ0n) is 17.0. The van der Waals surface area contributed by atoms with E-state index in [0.717, 1.165) is 42.8 Å². The molecule has 2 rings (SSSR count). The molecule has 1 fully saturated rings. The highest BCUT2D eigenvalue weighted by atomic mass is 127. The number of piperidine rings is 1. The van der Waals surface area contributed by atoms with Crippen molar-refractivity contribution in [3.63, 3.8) is 0 Å². The number of nitrogens with zero attached hydrogens (tertiary/aromatic N) is 3. The lowest BCUT2D eigenvalue weighted by molar-refractivity contribution is -0.116. The lowest BCUT2D eigenvalue weighted by Gasteiger charge is -2.33. The number of carbonyl (C=O) groups excluding carboxylic acids is 1. The highest BCUT2D eigenvalue weighted by molar-refractivity contribution is 14.0. The van der Waals surface area contributed by atoms with Crippen molar-refractivity contribution in [2.24, 2.45) is 10.9 Å². The third-order valence-corrected chi connectivity index (χ3v) is 4.50. The van der Waals surface area contributed by atoms with Crippen molar-refractivity contribution in [3.8, 4) is 0 Å². The largest absolute Gasteiger partial charge is 0.357 e. The van der Waals surface area contributed by atoms with E-state index in [1.165, 1.54) is 12.8 Å². The molecule has 0 radical (unpaired) electrons. The highest BCUT2D eigenvalue weighted by Gasteiger charge is 2.18. The number of rotatable bonds is 6. The molecule has 0 aliphatic carbocycles. The van der Waals surface area contributed by atoms with Gasteiger partial charge in [-0.2, -0.15) is 0 Å². The van der Waals surface area contributed by atoms with Gasteiger partial charge < -0.3 is 20.4 Å². The third kappa shape index (κ3) is 8.47. The number of benzene rings is 1. The number of anilines is 1. The molecule has 1 amide bonds. The van der Waals surface area contributed by atoms with Gasteiger partial charge in [-0.25, -0.2) is 4.99 Å². The molecule has 2 N–H and O–H groups in total. The predicted molar refractivity (Wildman–Crippen MR) is 124 cm³/mol. The van der Waals surface area contributed by atoms with Gasteiger partial charge >= 0.3 is 0 Å². The molecule has 152 valence electrons. The Hall–Kier alpha value is -1.35. The fourth-order valence-corrected chi connectivity index (χ4v) is 3.05. The van der Waals surface area contributed by atoms with Crippen LogP contribution in [0, 0.1) is 5.92 Å². The molecule has 1 saturated heterocycles. The predicted octanol–water partition coefficient (Wildman–Crippen LogP) is 3.00. The van der Waals surface area contributed by atoms with Crippen molar-refractivity contribution < 1.29 is 4.79 Å². The summed E-state index contributed by atoms with van der Waals surface area (Å²) in [5.41, 5.74) is 1.91. The van der Waals surface area contributed by atoms with E-state index in [2.05, 4.69) is 29.4 Å². The van der Waals surface area contributed by atoms with E-state index in [4.69, 9.17) is 4.99 Å². The number of aliphatic imine (C=N–C) groups is 1. The van der Waals surface area contributed by atoms with Crippen LogP contribution >= 0.6 is 24.0 Å². The molecule has 0 saturated carbocycles. The van der Waals surface area contributed by atoms with E-state index in [9.17, 15) is 4.79 Å². The van der Waals surface area contributed by atoms with Crippen LogP contribution in [0.4, 0.5) is 5.69 Å². The van der Waals surface area contributed by atoms with Crippen LogP contribution in [0.25, 0.3) is 0 Å². The van der Waals surface area contributed by atoms with Gasteiger partial charge in [-0.1, -0.05) is 19.1 Å². The minimum absolute atomic E-state index is 0. The standard InChI is InChI=1S/C20H33N5O.HI/c1-5-21-20(25-11-9-16(2)10-12-25)22-14-17-7-6-8-18(13-17)23-19(26)15-24(3)4;/h6-8,13,16H,5,9-12,14-15H2,1-4H3,(H,21,22)(H,23,26);1H. The fourth-order valence-electron chi connectivity index (χ4n) is 3.05. The van der Waals surface area contributed by atoms with E-state index in [1.807, 2.05) is 43.3 Å². The van der Waals surface area contributed by atoms with Crippen LogP contribution in [0.15, 0.2) is 29.3 Å². The summed E-state index contributed by atoms with van der Waals surface area (Å²) < 4.78 is 0. The molecule has 0 aromatic heterocycles. The fraction of sp³-hybridized carbons (Fsp3) is 0.600. The summed E-state index contributed by atoms with van der Waals surface area (Å²) in [5, 5.41) is 6.35. The number of guanidine groups is 1. The Balaban J connectivity index is 0.00000364. The normalized spacial score (nSPS) is 15.4. The van der Waals surface area contributed by atoms with Crippen molar-refractivity contribution in [2.75, 3.05) is 45.6 Å². The number of likely N-dealkylation sites (N-methyl/N-ethyl adjacent to an activating group) is 1. The number of likely N-dealkylation sites (tertiary alicyclic amines) is 1.